The van der Waals surface area contributed by atoms with Gasteiger partial charge < -0.3 is 19.7 Å². The molecule has 2 amide bonds. The molecule has 2 aliphatic rings. The largest absolute Gasteiger partial charge is 0.454 e. The standard InChI is InChI=1S/C25H21ClN2O4S/c26-18-6-2-1-5-17(18)13-27-24(29)14-28-19-7-3-4-8-22(19)33-23(12-25(28)30)16-9-10-20-21(11-16)32-15-31-20/h1-11,23H,12-15H2,(H,27,29). The lowest BCUT2D eigenvalue weighted by molar-refractivity contribution is -0.124. The van der Waals surface area contributed by atoms with Gasteiger partial charge in [-0.15, -0.1) is 11.8 Å². The molecule has 3 aromatic carbocycles. The second-order valence-electron chi connectivity index (χ2n) is 7.74. The summed E-state index contributed by atoms with van der Waals surface area (Å²) in [5, 5.41) is 3.36. The maximum absolute atomic E-state index is 13.3. The molecule has 0 aromatic heterocycles. The van der Waals surface area contributed by atoms with E-state index in [-0.39, 0.29) is 36.8 Å². The molecular formula is C25H21ClN2O4S. The van der Waals surface area contributed by atoms with E-state index in [4.69, 9.17) is 21.1 Å². The van der Waals surface area contributed by atoms with Gasteiger partial charge in [-0.25, -0.2) is 0 Å². The Morgan fingerprint density at radius 3 is 2.73 bits per heavy atom. The zero-order valence-electron chi connectivity index (χ0n) is 17.6. The number of thioether (sulfide) groups is 1. The Morgan fingerprint density at radius 1 is 1.06 bits per heavy atom. The Bertz CT molecular complexity index is 1220. The van der Waals surface area contributed by atoms with E-state index in [2.05, 4.69) is 5.32 Å². The number of benzene rings is 3. The molecule has 1 atom stereocenters. The van der Waals surface area contributed by atoms with Gasteiger partial charge in [-0.05, 0) is 41.5 Å². The van der Waals surface area contributed by atoms with Crippen LogP contribution in [-0.2, 0) is 16.1 Å². The molecule has 5 rings (SSSR count). The number of nitrogens with zero attached hydrogens (tertiary/aromatic N) is 1. The lowest BCUT2D eigenvalue weighted by Crippen LogP contribution is -2.40. The van der Waals surface area contributed by atoms with Crippen molar-refractivity contribution in [1.82, 2.24) is 5.32 Å². The number of fused-ring (bicyclic) bond motifs is 2. The van der Waals surface area contributed by atoms with Crippen molar-refractivity contribution in [2.45, 2.75) is 23.1 Å². The van der Waals surface area contributed by atoms with Crippen LogP contribution in [0.1, 0.15) is 22.8 Å². The lowest BCUT2D eigenvalue weighted by atomic mass is 10.1. The molecule has 8 heteroatoms. The van der Waals surface area contributed by atoms with Crippen LogP contribution in [0.5, 0.6) is 11.5 Å². The van der Waals surface area contributed by atoms with Crippen LogP contribution in [-0.4, -0.2) is 25.2 Å². The third-order valence-electron chi connectivity index (χ3n) is 5.59. The van der Waals surface area contributed by atoms with E-state index < -0.39 is 0 Å². The van der Waals surface area contributed by atoms with Crippen molar-refractivity contribution in [1.29, 1.82) is 0 Å². The first kappa shape index (κ1) is 21.7. The van der Waals surface area contributed by atoms with Crippen LogP contribution < -0.4 is 19.7 Å². The normalized spacial score (nSPS) is 16.8. The van der Waals surface area contributed by atoms with Gasteiger partial charge in [-0.2, -0.15) is 0 Å². The number of carbonyl (C=O) groups is 2. The van der Waals surface area contributed by atoms with Crippen molar-refractivity contribution >= 4 is 40.9 Å². The minimum absolute atomic E-state index is 0.0608. The Hall–Kier alpha value is -3.16. The summed E-state index contributed by atoms with van der Waals surface area (Å²) in [6, 6.07) is 20.8. The topological polar surface area (TPSA) is 67.9 Å². The van der Waals surface area contributed by atoms with Gasteiger partial charge in [0, 0.05) is 28.1 Å². The SMILES string of the molecule is O=C(CN1C(=O)CC(c2ccc3c(c2)OCO3)Sc2ccccc21)NCc1ccccc1Cl. The molecule has 0 bridgehead atoms. The van der Waals surface area contributed by atoms with E-state index in [0.29, 0.717) is 23.1 Å². The van der Waals surface area contributed by atoms with Gasteiger partial charge in [0.1, 0.15) is 6.54 Å². The predicted molar refractivity (Wildman–Crippen MR) is 128 cm³/mol. The number of para-hydroxylation sites is 1. The highest BCUT2D eigenvalue weighted by Gasteiger charge is 2.31. The summed E-state index contributed by atoms with van der Waals surface area (Å²) in [5.41, 5.74) is 2.55. The van der Waals surface area contributed by atoms with Gasteiger partial charge >= 0.3 is 0 Å². The molecule has 6 nitrogen and oxygen atoms in total. The number of carbonyl (C=O) groups excluding carboxylic acids is 2. The monoisotopic (exact) mass is 480 g/mol. The van der Waals surface area contributed by atoms with Gasteiger partial charge in [0.05, 0.1) is 5.69 Å². The average Bonchev–Trinajstić information content (AvgIpc) is 3.25. The molecule has 2 heterocycles. The Kier molecular flexibility index (Phi) is 6.15. The van der Waals surface area contributed by atoms with Crippen LogP contribution >= 0.6 is 23.4 Å². The van der Waals surface area contributed by atoms with E-state index >= 15 is 0 Å². The molecule has 33 heavy (non-hydrogen) atoms. The maximum Gasteiger partial charge on any atom is 0.240 e. The summed E-state index contributed by atoms with van der Waals surface area (Å²) >= 11 is 7.80. The van der Waals surface area contributed by atoms with E-state index in [0.717, 1.165) is 21.7 Å². The lowest BCUT2D eigenvalue weighted by Gasteiger charge is -2.22. The zero-order valence-corrected chi connectivity index (χ0v) is 19.2. The molecule has 1 unspecified atom stereocenters. The maximum atomic E-state index is 13.3. The third kappa shape index (κ3) is 4.65. The first-order valence-electron chi connectivity index (χ1n) is 10.5. The molecule has 0 radical (unpaired) electrons. The number of halogens is 1. The van der Waals surface area contributed by atoms with Gasteiger partial charge in [-0.1, -0.05) is 48.0 Å². The quantitative estimate of drug-likeness (QED) is 0.559. The van der Waals surface area contributed by atoms with E-state index in [1.54, 1.807) is 22.7 Å². The van der Waals surface area contributed by atoms with Gasteiger partial charge in [0.15, 0.2) is 11.5 Å². The number of ether oxygens (including phenoxy) is 2. The Labute approximate surface area is 200 Å². The molecule has 1 N–H and O–H groups in total. The molecule has 0 saturated carbocycles. The van der Waals surface area contributed by atoms with Crippen molar-refractivity contribution in [3.05, 3.63) is 82.9 Å². The van der Waals surface area contributed by atoms with Crippen LogP contribution in [0, 0.1) is 0 Å². The second-order valence-corrected chi connectivity index (χ2v) is 9.39. The van der Waals surface area contributed by atoms with Gasteiger partial charge in [0.2, 0.25) is 18.6 Å². The molecule has 0 aliphatic carbocycles. The van der Waals surface area contributed by atoms with Crippen LogP contribution in [0.3, 0.4) is 0 Å². The first-order chi connectivity index (χ1) is 16.1. The molecule has 2 aliphatic heterocycles. The fraction of sp³-hybridized carbons (Fsp3) is 0.200. The number of nitrogens with one attached hydrogen (secondary N) is 1. The second kappa shape index (κ2) is 9.37. The number of hydrogen-bond donors (Lipinski definition) is 1. The molecule has 3 aromatic rings. The fourth-order valence-electron chi connectivity index (χ4n) is 3.89. The minimum Gasteiger partial charge on any atom is -0.454 e. The smallest absolute Gasteiger partial charge is 0.240 e. The molecular weight excluding hydrogens is 460 g/mol. The predicted octanol–water partition coefficient (Wildman–Crippen LogP) is 4.96. The van der Waals surface area contributed by atoms with Crippen LogP contribution in [0.15, 0.2) is 71.6 Å². The summed E-state index contributed by atoms with van der Waals surface area (Å²) in [4.78, 5) is 28.6. The number of hydrogen-bond acceptors (Lipinski definition) is 5. The van der Waals surface area contributed by atoms with Crippen molar-refractivity contribution < 1.29 is 19.1 Å². The third-order valence-corrected chi connectivity index (χ3v) is 7.28. The zero-order chi connectivity index (χ0) is 22.8. The number of anilines is 1. The summed E-state index contributed by atoms with van der Waals surface area (Å²) < 4.78 is 10.9. The van der Waals surface area contributed by atoms with Crippen molar-refractivity contribution in [2.75, 3.05) is 18.2 Å². The van der Waals surface area contributed by atoms with E-state index in [1.807, 2.05) is 60.7 Å². The Morgan fingerprint density at radius 2 is 1.85 bits per heavy atom. The Balaban J connectivity index is 1.35. The number of amides is 2. The van der Waals surface area contributed by atoms with Crippen molar-refractivity contribution in [3.8, 4) is 11.5 Å². The molecule has 168 valence electrons. The van der Waals surface area contributed by atoms with Crippen molar-refractivity contribution in [3.63, 3.8) is 0 Å². The van der Waals surface area contributed by atoms with Crippen LogP contribution in [0.25, 0.3) is 0 Å². The summed E-state index contributed by atoms with van der Waals surface area (Å²) in [6.07, 6.45) is 0.261. The number of rotatable bonds is 5. The molecule has 0 spiro atoms. The van der Waals surface area contributed by atoms with Crippen LogP contribution in [0.4, 0.5) is 5.69 Å². The van der Waals surface area contributed by atoms with Crippen molar-refractivity contribution in [2.24, 2.45) is 0 Å². The van der Waals surface area contributed by atoms with E-state index in [9.17, 15) is 9.59 Å². The molecule has 0 fully saturated rings. The summed E-state index contributed by atoms with van der Waals surface area (Å²) in [6.45, 7) is 0.445. The summed E-state index contributed by atoms with van der Waals surface area (Å²) in [7, 11) is 0. The van der Waals surface area contributed by atoms with Gasteiger partial charge in [-0.3, -0.25) is 9.59 Å². The molecule has 0 saturated heterocycles. The average molecular weight is 481 g/mol. The highest BCUT2D eigenvalue weighted by atomic mass is 35.5. The first-order valence-corrected chi connectivity index (χ1v) is 11.8. The van der Waals surface area contributed by atoms with Crippen LogP contribution in [0.2, 0.25) is 5.02 Å². The fourth-order valence-corrected chi connectivity index (χ4v) is 5.36. The van der Waals surface area contributed by atoms with Gasteiger partial charge in [0.25, 0.3) is 0 Å². The van der Waals surface area contributed by atoms with E-state index in [1.165, 1.54) is 0 Å². The summed E-state index contributed by atoms with van der Waals surface area (Å²) in [5.74, 6) is 1.04. The highest BCUT2D eigenvalue weighted by Crippen LogP contribution is 2.47. The minimum atomic E-state index is -0.246. The highest BCUT2D eigenvalue weighted by molar-refractivity contribution is 7.99.